The minimum absolute atomic E-state index is 0.201. The van der Waals surface area contributed by atoms with E-state index in [-0.39, 0.29) is 17.5 Å². The number of amides is 1. The van der Waals surface area contributed by atoms with Gasteiger partial charge in [-0.3, -0.25) is 14.7 Å². The molecule has 1 amide bonds. The van der Waals surface area contributed by atoms with Gasteiger partial charge in [-0.15, -0.1) is 0 Å². The molecule has 35 heavy (non-hydrogen) atoms. The molecule has 8 heteroatoms. The van der Waals surface area contributed by atoms with Crippen LogP contribution in [0.15, 0.2) is 42.7 Å². The van der Waals surface area contributed by atoms with Crippen LogP contribution < -0.4 is 5.32 Å². The Bertz CT molecular complexity index is 1250. The van der Waals surface area contributed by atoms with Gasteiger partial charge in [0.05, 0.1) is 18.2 Å². The average molecular weight is 474 g/mol. The number of hydrogen-bond donors (Lipinski definition) is 2. The van der Waals surface area contributed by atoms with E-state index in [1.54, 1.807) is 6.07 Å². The highest BCUT2D eigenvalue weighted by Crippen LogP contribution is 2.36. The lowest BCUT2D eigenvalue weighted by molar-refractivity contribution is -0.0925. The number of carbonyl (C=O) groups excluding carboxylic acids is 1. The number of hydrogen-bond acceptors (Lipinski definition) is 6. The number of aliphatic hydroxyl groups is 1. The molecule has 3 aromatic rings. The molecule has 0 bridgehead atoms. The molecule has 2 saturated heterocycles. The van der Waals surface area contributed by atoms with Crippen molar-refractivity contribution in [3.05, 3.63) is 59.5 Å². The zero-order chi connectivity index (χ0) is 24.4. The second-order valence-electron chi connectivity index (χ2n) is 9.62. The van der Waals surface area contributed by atoms with E-state index in [4.69, 9.17) is 10.00 Å². The van der Waals surface area contributed by atoms with Crippen molar-refractivity contribution in [1.82, 2.24) is 14.5 Å². The Labute approximate surface area is 205 Å². The molecule has 2 atom stereocenters. The second-order valence-corrected chi connectivity index (χ2v) is 9.62. The van der Waals surface area contributed by atoms with Gasteiger partial charge in [-0.25, -0.2) is 0 Å². The van der Waals surface area contributed by atoms with Gasteiger partial charge in [0.2, 0.25) is 0 Å². The molecular weight excluding hydrogens is 442 g/mol. The van der Waals surface area contributed by atoms with Gasteiger partial charge in [-0.1, -0.05) is 0 Å². The maximum Gasteiger partial charge on any atom is 0.274 e. The summed E-state index contributed by atoms with van der Waals surface area (Å²) < 4.78 is 7.71. The standard InChI is InChI=1S/C27H31N5O3/c1-31-16-23(19-7-10-32(11-8-19)27(34)20-3-2-12-35-17-20)22-14-21(4-5-25(22)31)30-26(33)24-13-18(15-28)6-9-29-24/h4-6,9,13-14,16,19-20,27,34H,2-3,7-8,10-12,17H2,1H3,(H,30,33). The summed E-state index contributed by atoms with van der Waals surface area (Å²) in [6.07, 6.45) is 7.23. The summed E-state index contributed by atoms with van der Waals surface area (Å²) in [5, 5.41) is 24.0. The number of pyridine rings is 1. The predicted octanol–water partition coefficient (Wildman–Crippen LogP) is 3.62. The summed E-state index contributed by atoms with van der Waals surface area (Å²) in [5.41, 5.74) is 3.71. The zero-order valence-electron chi connectivity index (χ0n) is 20.0. The number of aliphatic hydroxyl groups excluding tert-OH is 1. The van der Waals surface area contributed by atoms with E-state index in [0.717, 1.165) is 56.3 Å². The lowest BCUT2D eigenvalue weighted by Gasteiger charge is -2.39. The molecule has 4 heterocycles. The Balaban J connectivity index is 1.30. The van der Waals surface area contributed by atoms with Crippen LogP contribution in [0.1, 0.15) is 53.2 Å². The van der Waals surface area contributed by atoms with Gasteiger partial charge in [0.1, 0.15) is 11.9 Å². The van der Waals surface area contributed by atoms with Crippen molar-refractivity contribution >= 4 is 22.5 Å². The van der Waals surface area contributed by atoms with Crippen molar-refractivity contribution in [2.75, 3.05) is 31.6 Å². The first-order valence-electron chi connectivity index (χ1n) is 12.3. The molecule has 8 nitrogen and oxygen atoms in total. The fraction of sp³-hybridized carbons (Fsp3) is 0.444. The monoisotopic (exact) mass is 473 g/mol. The number of anilines is 1. The van der Waals surface area contributed by atoms with Crippen LogP contribution in [0.25, 0.3) is 10.9 Å². The first-order chi connectivity index (χ1) is 17.0. The molecule has 1 aromatic carbocycles. The molecule has 0 saturated carbocycles. The molecule has 0 aliphatic carbocycles. The predicted molar refractivity (Wildman–Crippen MR) is 133 cm³/mol. The van der Waals surface area contributed by atoms with Gasteiger partial charge in [0.25, 0.3) is 5.91 Å². The Morgan fingerprint density at radius 3 is 2.83 bits per heavy atom. The van der Waals surface area contributed by atoms with Crippen molar-refractivity contribution in [2.45, 2.75) is 37.8 Å². The fourth-order valence-corrected chi connectivity index (χ4v) is 5.42. The summed E-state index contributed by atoms with van der Waals surface area (Å²) in [7, 11) is 2.04. The number of aromatic nitrogens is 2. The molecule has 2 aromatic heterocycles. The van der Waals surface area contributed by atoms with Crippen LogP contribution >= 0.6 is 0 Å². The lowest BCUT2D eigenvalue weighted by Crippen LogP contribution is -2.46. The van der Waals surface area contributed by atoms with E-state index < -0.39 is 6.23 Å². The molecule has 2 N–H and O–H groups in total. The zero-order valence-corrected chi connectivity index (χ0v) is 20.0. The first-order valence-corrected chi connectivity index (χ1v) is 12.3. The number of benzene rings is 1. The third kappa shape index (κ3) is 4.94. The van der Waals surface area contributed by atoms with Gasteiger partial charge < -0.3 is 19.7 Å². The number of rotatable bonds is 5. The number of likely N-dealkylation sites (tertiary alicyclic amines) is 1. The summed E-state index contributed by atoms with van der Waals surface area (Å²) >= 11 is 0. The third-order valence-corrected chi connectivity index (χ3v) is 7.36. The maximum atomic E-state index is 12.7. The van der Waals surface area contributed by atoms with Gasteiger partial charge in [0, 0.05) is 61.6 Å². The minimum atomic E-state index is -0.432. The van der Waals surface area contributed by atoms with Crippen LogP contribution in [0, 0.1) is 17.2 Å². The van der Waals surface area contributed by atoms with Gasteiger partial charge >= 0.3 is 0 Å². The van der Waals surface area contributed by atoms with Gasteiger partial charge in [-0.2, -0.15) is 5.26 Å². The fourth-order valence-electron chi connectivity index (χ4n) is 5.42. The summed E-state index contributed by atoms with van der Waals surface area (Å²) in [5.74, 6) is 0.255. The smallest absolute Gasteiger partial charge is 0.274 e. The highest BCUT2D eigenvalue weighted by molar-refractivity contribution is 6.04. The first kappa shape index (κ1) is 23.5. The van der Waals surface area contributed by atoms with Crippen LogP contribution in [0.2, 0.25) is 0 Å². The Morgan fingerprint density at radius 1 is 1.26 bits per heavy atom. The summed E-state index contributed by atoms with van der Waals surface area (Å²) in [6, 6.07) is 11.0. The van der Waals surface area contributed by atoms with E-state index in [9.17, 15) is 9.90 Å². The highest BCUT2D eigenvalue weighted by atomic mass is 16.5. The Morgan fingerprint density at radius 2 is 2.09 bits per heavy atom. The molecule has 5 rings (SSSR count). The van der Waals surface area contributed by atoms with E-state index >= 15 is 0 Å². The van der Waals surface area contributed by atoms with Crippen molar-refractivity contribution in [2.24, 2.45) is 13.0 Å². The van der Waals surface area contributed by atoms with Crippen LogP contribution in [0.4, 0.5) is 5.69 Å². The number of ether oxygens (including phenoxy) is 1. The number of aryl methyl sites for hydroxylation is 1. The van der Waals surface area contributed by atoms with Crippen molar-refractivity contribution in [1.29, 1.82) is 5.26 Å². The molecule has 0 radical (unpaired) electrons. The highest BCUT2D eigenvalue weighted by Gasteiger charge is 2.31. The number of carbonyl (C=O) groups is 1. The van der Waals surface area contributed by atoms with Gasteiger partial charge in [0.15, 0.2) is 0 Å². The summed E-state index contributed by atoms with van der Waals surface area (Å²) in [4.78, 5) is 19.0. The Hall–Kier alpha value is -3.25. The van der Waals surface area contributed by atoms with Crippen molar-refractivity contribution in [3.8, 4) is 6.07 Å². The van der Waals surface area contributed by atoms with E-state index in [1.165, 1.54) is 17.8 Å². The number of fused-ring (bicyclic) bond motifs is 1. The normalized spacial score (nSPS) is 20.4. The van der Waals surface area contributed by atoms with Gasteiger partial charge in [-0.05, 0) is 67.5 Å². The topological polar surface area (TPSA) is 103 Å². The Kier molecular flexibility index (Phi) is 6.82. The number of nitriles is 1. The van der Waals surface area contributed by atoms with Crippen molar-refractivity contribution < 1.29 is 14.6 Å². The van der Waals surface area contributed by atoms with Crippen LogP contribution in [-0.4, -0.2) is 58.0 Å². The molecule has 2 fully saturated rings. The maximum absolute atomic E-state index is 12.7. The molecule has 0 spiro atoms. The van der Waals surface area contributed by atoms with E-state index in [2.05, 4.69) is 26.0 Å². The largest absolute Gasteiger partial charge is 0.381 e. The quantitative estimate of drug-likeness (QED) is 0.587. The molecule has 2 unspecified atom stereocenters. The van der Waals surface area contributed by atoms with Crippen LogP contribution in [-0.2, 0) is 11.8 Å². The molecule has 182 valence electrons. The summed E-state index contributed by atoms with van der Waals surface area (Å²) in [6.45, 7) is 3.17. The minimum Gasteiger partial charge on any atom is -0.381 e. The molecular formula is C27H31N5O3. The number of nitrogens with zero attached hydrogens (tertiary/aromatic N) is 4. The number of piperidine rings is 1. The molecule has 2 aliphatic rings. The lowest BCUT2D eigenvalue weighted by atomic mass is 9.88. The SMILES string of the molecule is Cn1cc(C2CCN(C(O)C3CCCOC3)CC2)c2cc(NC(=O)c3cc(C#N)ccn3)ccc21. The van der Waals surface area contributed by atoms with E-state index in [1.807, 2.05) is 31.3 Å². The van der Waals surface area contributed by atoms with E-state index in [0.29, 0.717) is 23.8 Å². The average Bonchev–Trinajstić information content (AvgIpc) is 3.24. The molecule has 2 aliphatic heterocycles. The van der Waals surface area contributed by atoms with Crippen LogP contribution in [0.3, 0.4) is 0 Å². The number of nitrogens with one attached hydrogen (secondary N) is 1. The van der Waals surface area contributed by atoms with Crippen LogP contribution in [0.5, 0.6) is 0 Å². The third-order valence-electron chi connectivity index (χ3n) is 7.36. The second kappa shape index (κ2) is 10.2. The van der Waals surface area contributed by atoms with Crippen molar-refractivity contribution in [3.63, 3.8) is 0 Å².